The normalized spacial score (nSPS) is 11.4. The molecule has 2 rings (SSSR count). The first-order chi connectivity index (χ1) is 12.0. The number of carboxylic acids is 1. The van der Waals surface area contributed by atoms with Crippen LogP contribution in [0.3, 0.4) is 0 Å². The minimum absolute atomic E-state index is 0. The number of hydrogen-bond donors (Lipinski definition) is 1. The minimum atomic E-state index is -3.80. The van der Waals surface area contributed by atoms with Gasteiger partial charge in [-0.3, -0.25) is 4.79 Å². The summed E-state index contributed by atoms with van der Waals surface area (Å²) in [7, 11) is -3.80. The van der Waals surface area contributed by atoms with E-state index < -0.39 is 23.2 Å². The number of rotatable bonds is 5. The zero-order valence-electron chi connectivity index (χ0n) is 13.9. The average Bonchev–Trinajstić information content (AvgIpc) is 2.59. The summed E-state index contributed by atoms with van der Waals surface area (Å²) in [5.41, 5.74) is 0.905. The van der Waals surface area contributed by atoms with Crippen molar-refractivity contribution in [2.45, 2.75) is 12.9 Å². The van der Waals surface area contributed by atoms with Crippen molar-refractivity contribution in [1.29, 1.82) is 0 Å². The molecule has 0 heterocycles. The van der Waals surface area contributed by atoms with E-state index in [4.69, 9.17) is 0 Å². The van der Waals surface area contributed by atoms with Crippen LogP contribution in [0.5, 0.6) is 0 Å². The van der Waals surface area contributed by atoms with E-state index in [1.54, 1.807) is 12.1 Å². The second kappa shape index (κ2) is 10.00. The predicted molar refractivity (Wildman–Crippen MR) is 105 cm³/mol. The SMILES string of the molecule is O=C([O-])c1ccc(CNC(=O)c2cccc(S(=O)(=O)C(Br)(Br)Br)c2)cc1.[Na+]. The Hall–Kier alpha value is -0.230. The zero-order chi connectivity index (χ0) is 19.5. The van der Waals surface area contributed by atoms with Gasteiger partial charge in [0.1, 0.15) is 0 Å². The maximum absolute atomic E-state index is 12.4. The molecule has 27 heavy (non-hydrogen) atoms. The monoisotopic (exact) mass is 589 g/mol. The molecule has 0 bridgehead atoms. The molecule has 0 saturated heterocycles. The summed E-state index contributed by atoms with van der Waals surface area (Å²) in [6.07, 6.45) is 0. The second-order valence-electron chi connectivity index (χ2n) is 5.14. The van der Waals surface area contributed by atoms with Gasteiger partial charge in [0, 0.05) is 12.1 Å². The van der Waals surface area contributed by atoms with Gasteiger partial charge in [0.2, 0.25) is 11.3 Å². The molecule has 6 nitrogen and oxygen atoms in total. The minimum Gasteiger partial charge on any atom is -0.545 e. The van der Waals surface area contributed by atoms with Crippen molar-refractivity contribution >= 4 is 69.5 Å². The molecule has 11 heteroatoms. The van der Waals surface area contributed by atoms with Gasteiger partial charge >= 0.3 is 29.6 Å². The van der Waals surface area contributed by atoms with Crippen LogP contribution in [-0.2, 0) is 16.4 Å². The fraction of sp³-hybridized carbons (Fsp3) is 0.125. The number of aromatic carboxylic acids is 1. The summed E-state index contributed by atoms with van der Waals surface area (Å²) in [5.74, 6) is -1.74. The van der Waals surface area contributed by atoms with Gasteiger partial charge in [-0.1, -0.05) is 30.3 Å². The summed E-state index contributed by atoms with van der Waals surface area (Å²) in [6.45, 7) is 0.155. The Morgan fingerprint density at radius 3 is 2.11 bits per heavy atom. The summed E-state index contributed by atoms with van der Waals surface area (Å²) in [4.78, 5) is 22.9. The summed E-state index contributed by atoms with van der Waals surface area (Å²) in [6, 6.07) is 11.5. The van der Waals surface area contributed by atoms with Crippen molar-refractivity contribution in [1.82, 2.24) is 5.32 Å². The molecule has 0 unspecified atom stereocenters. The molecule has 0 aliphatic carbocycles. The van der Waals surface area contributed by atoms with E-state index in [9.17, 15) is 23.1 Å². The number of carbonyl (C=O) groups is 2. The number of carboxylic acid groups (broad SMARTS) is 1. The molecular weight excluding hydrogens is 581 g/mol. The van der Waals surface area contributed by atoms with E-state index in [0.29, 0.717) is 5.56 Å². The van der Waals surface area contributed by atoms with Crippen LogP contribution in [0.25, 0.3) is 0 Å². The number of hydrogen-bond acceptors (Lipinski definition) is 5. The fourth-order valence-electron chi connectivity index (χ4n) is 1.98. The van der Waals surface area contributed by atoms with Crippen molar-refractivity contribution in [3.05, 3.63) is 65.2 Å². The molecule has 1 amide bonds. The van der Waals surface area contributed by atoms with Gasteiger partial charge in [0.25, 0.3) is 5.91 Å². The average molecular weight is 592 g/mol. The molecular formula is C16H11Br3NNaO5S. The van der Waals surface area contributed by atoms with Crippen LogP contribution < -0.4 is 40.0 Å². The molecule has 1 N–H and O–H groups in total. The van der Waals surface area contributed by atoms with Crippen molar-refractivity contribution in [3.8, 4) is 0 Å². The van der Waals surface area contributed by atoms with E-state index in [0.717, 1.165) is 0 Å². The number of alkyl halides is 3. The molecule has 0 aliphatic rings. The maximum Gasteiger partial charge on any atom is 1.00 e. The van der Waals surface area contributed by atoms with Crippen molar-refractivity contribution in [3.63, 3.8) is 0 Å². The Morgan fingerprint density at radius 2 is 1.59 bits per heavy atom. The van der Waals surface area contributed by atoms with Gasteiger partial charge in [-0.25, -0.2) is 8.42 Å². The molecule has 0 atom stereocenters. The van der Waals surface area contributed by atoms with Gasteiger partial charge in [0.05, 0.1) is 10.9 Å². The smallest absolute Gasteiger partial charge is 0.545 e. The number of sulfone groups is 1. The van der Waals surface area contributed by atoms with Crippen LogP contribution in [0.2, 0.25) is 0 Å². The Morgan fingerprint density at radius 1 is 1.00 bits per heavy atom. The largest absolute Gasteiger partial charge is 1.00 e. The van der Waals surface area contributed by atoms with Gasteiger partial charge < -0.3 is 15.2 Å². The van der Waals surface area contributed by atoms with Crippen LogP contribution >= 0.6 is 47.8 Å². The number of benzene rings is 2. The van der Waals surface area contributed by atoms with E-state index >= 15 is 0 Å². The third-order valence-corrected chi connectivity index (χ3v) is 8.67. The van der Waals surface area contributed by atoms with Crippen LogP contribution in [0, 0.1) is 0 Å². The number of amides is 1. The molecule has 0 aliphatic heterocycles. The van der Waals surface area contributed by atoms with Crippen molar-refractivity contribution < 1.29 is 52.7 Å². The summed E-state index contributed by atoms with van der Waals surface area (Å²) in [5, 5.41) is 13.4. The van der Waals surface area contributed by atoms with Crippen LogP contribution in [0.15, 0.2) is 53.4 Å². The Kier molecular flexibility index (Phi) is 9.18. The third kappa shape index (κ3) is 6.38. The first-order valence-corrected chi connectivity index (χ1v) is 10.9. The number of halogens is 3. The summed E-state index contributed by atoms with van der Waals surface area (Å²) < 4.78 is 23.2. The molecule has 0 spiro atoms. The first kappa shape index (κ1) is 24.8. The maximum atomic E-state index is 12.4. The van der Waals surface area contributed by atoms with E-state index in [1.165, 1.54) is 36.4 Å². The summed E-state index contributed by atoms with van der Waals surface area (Å²) >= 11 is 8.92. The predicted octanol–water partition coefficient (Wildman–Crippen LogP) is -0.446. The molecule has 0 fully saturated rings. The topological polar surface area (TPSA) is 103 Å². The van der Waals surface area contributed by atoms with Crippen LogP contribution in [0.1, 0.15) is 26.3 Å². The van der Waals surface area contributed by atoms with E-state index in [1.807, 2.05) is 0 Å². The fourth-order valence-corrected chi connectivity index (χ4v) is 4.47. The molecule has 2 aromatic rings. The number of nitrogens with one attached hydrogen (secondary N) is 1. The first-order valence-electron chi connectivity index (χ1n) is 7.02. The van der Waals surface area contributed by atoms with Crippen molar-refractivity contribution in [2.75, 3.05) is 0 Å². The Bertz CT molecular complexity index is 943. The van der Waals surface area contributed by atoms with Gasteiger partial charge in [-0.15, -0.1) is 0 Å². The van der Waals surface area contributed by atoms with Gasteiger partial charge in [0.15, 0.2) is 0 Å². The molecule has 2 aromatic carbocycles. The second-order valence-corrected chi connectivity index (χ2v) is 15.6. The van der Waals surface area contributed by atoms with Crippen LogP contribution in [-0.4, -0.2) is 21.8 Å². The Labute approximate surface area is 203 Å². The third-order valence-electron chi connectivity index (χ3n) is 3.35. The van der Waals surface area contributed by atoms with Gasteiger partial charge in [-0.05, 0) is 77.1 Å². The molecule has 0 aromatic heterocycles. The standard InChI is InChI=1S/C16H12Br3NO5S.Na/c17-16(18,19)26(24,25)13-3-1-2-12(8-13)14(21)20-9-10-4-6-11(7-5-10)15(22)23;/h1-8H,9H2,(H,20,21)(H,22,23);/q;+1/p-1. The van der Waals surface area contributed by atoms with Gasteiger partial charge in [-0.2, -0.15) is 0 Å². The van der Waals surface area contributed by atoms with E-state index in [2.05, 4.69) is 53.1 Å². The van der Waals surface area contributed by atoms with Crippen molar-refractivity contribution in [2.24, 2.45) is 0 Å². The van der Waals surface area contributed by atoms with E-state index in [-0.39, 0.29) is 52.1 Å². The van der Waals surface area contributed by atoms with Crippen LogP contribution in [0.4, 0.5) is 0 Å². The molecule has 0 radical (unpaired) electrons. The Balaban J connectivity index is 0.00000364. The molecule has 0 saturated carbocycles. The zero-order valence-corrected chi connectivity index (χ0v) is 21.5. The number of carbonyl (C=O) groups excluding carboxylic acids is 2. The quantitative estimate of drug-likeness (QED) is 0.375. The molecule has 138 valence electrons.